The van der Waals surface area contributed by atoms with Crippen LogP contribution in [0.2, 0.25) is 0 Å². The third-order valence-electron chi connectivity index (χ3n) is 2.35. The summed E-state index contributed by atoms with van der Waals surface area (Å²) in [5.74, 6) is -1.74. The monoisotopic (exact) mass is 304 g/mol. The number of aromatic nitrogens is 2. The molecular formula is C13H12N4O5. The maximum Gasteiger partial charge on any atom is 0.359 e. The zero-order valence-electron chi connectivity index (χ0n) is 11.8. The number of nitrogens with zero attached hydrogens (tertiary/aromatic N) is 3. The molecule has 0 fully saturated rings. The van der Waals surface area contributed by atoms with Gasteiger partial charge in [0.25, 0.3) is 11.5 Å². The third kappa shape index (κ3) is 3.41. The standard InChI is InChI=1S/C13H12N4O5/c1-3-21-12(19)7(5-14)9-10(13(20)22-4-2)16-8(6-15)11(18)17-9/h19H,3-4H2,1-2H3,(H,17,18)/b12-7+. The van der Waals surface area contributed by atoms with Crippen LogP contribution in [0.4, 0.5) is 0 Å². The molecule has 0 bridgehead atoms. The number of nitrogens with one attached hydrogen (secondary N) is 1. The van der Waals surface area contributed by atoms with Gasteiger partial charge in [-0.05, 0) is 13.8 Å². The Morgan fingerprint density at radius 3 is 2.45 bits per heavy atom. The van der Waals surface area contributed by atoms with E-state index in [4.69, 9.17) is 20.0 Å². The van der Waals surface area contributed by atoms with Crippen molar-refractivity contribution >= 4 is 11.5 Å². The number of rotatable bonds is 5. The topological polar surface area (TPSA) is 149 Å². The molecule has 2 N–H and O–H groups in total. The van der Waals surface area contributed by atoms with Crippen molar-refractivity contribution in [2.24, 2.45) is 0 Å². The molecule has 0 unspecified atom stereocenters. The van der Waals surface area contributed by atoms with E-state index in [0.717, 1.165) is 0 Å². The van der Waals surface area contributed by atoms with Crippen molar-refractivity contribution in [1.82, 2.24) is 9.97 Å². The summed E-state index contributed by atoms with van der Waals surface area (Å²) in [6, 6.07) is 3.12. The summed E-state index contributed by atoms with van der Waals surface area (Å²) >= 11 is 0. The number of aromatic amines is 1. The first kappa shape index (κ1) is 16.7. The molecule has 0 aliphatic carbocycles. The first-order valence-corrected chi connectivity index (χ1v) is 6.18. The van der Waals surface area contributed by atoms with Crippen molar-refractivity contribution in [1.29, 1.82) is 10.5 Å². The van der Waals surface area contributed by atoms with Crippen molar-refractivity contribution in [2.75, 3.05) is 13.2 Å². The van der Waals surface area contributed by atoms with Crippen molar-refractivity contribution in [3.63, 3.8) is 0 Å². The minimum Gasteiger partial charge on any atom is -0.480 e. The lowest BCUT2D eigenvalue weighted by atomic mass is 10.1. The van der Waals surface area contributed by atoms with Gasteiger partial charge in [-0.25, -0.2) is 9.78 Å². The molecule has 0 spiro atoms. The van der Waals surface area contributed by atoms with Gasteiger partial charge < -0.3 is 19.6 Å². The number of nitriles is 2. The smallest absolute Gasteiger partial charge is 0.359 e. The fraction of sp³-hybridized carbons (Fsp3) is 0.308. The number of carbonyl (C=O) groups excluding carboxylic acids is 1. The number of allylic oxidation sites excluding steroid dienone is 1. The Bertz CT molecular complexity index is 751. The highest BCUT2D eigenvalue weighted by molar-refractivity contribution is 5.94. The van der Waals surface area contributed by atoms with Gasteiger partial charge in [0.2, 0.25) is 5.69 Å². The maximum atomic E-state index is 11.9. The van der Waals surface area contributed by atoms with Gasteiger partial charge in [-0.15, -0.1) is 0 Å². The Morgan fingerprint density at radius 2 is 1.95 bits per heavy atom. The Morgan fingerprint density at radius 1 is 1.32 bits per heavy atom. The molecule has 1 rings (SSSR count). The molecule has 22 heavy (non-hydrogen) atoms. The van der Waals surface area contributed by atoms with Crippen LogP contribution in [0.25, 0.3) is 5.57 Å². The van der Waals surface area contributed by atoms with Crippen molar-refractivity contribution in [3.8, 4) is 12.1 Å². The third-order valence-corrected chi connectivity index (χ3v) is 2.35. The molecule has 1 aromatic heterocycles. The lowest BCUT2D eigenvalue weighted by Crippen LogP contribution is -2.22. The Hall–Kier alpha value is -3.33. The van der Waals surface area contributed by atoms with Crippen LogP contribution in [-0.4, -0.2) is 34.3 Å². The van der Waals surface area contributed by atoms with Crippen LogP contribution >= 0.6 is 0 Å². The van der Waals surface area contributed by atoms with Gasteiger partial charge in [0.1, 0.15) is 17.8 Å². The minimum atomic E-state index is -0.956. The molecule has 0 aromatic carbocycles. The fourth-order valence-electron chi connectivity index (χ4n) is 1.47. The van der Waals surface area contributed by atoms with E-state index in [9.17, 15) is 14.7 Å². The molecule has 0 radical (unpaired) electrons. The first-order chi connectivity index (χ1) is 10.5. The highest BCUT2D eigenvalue weighted by Crippen LogP contribution is 2.18. The number of carbonyl (C=O) groups is 1. The number of ether oxygens (including phenoxy) is 2. The quantitative estimate of drug-likeness (QED) is 0.456. The second-order valence-electron chi connectivity index (χ2n) is 3.70. The van der Waals surface area contributed by atoms with E-state index in [2.05, 4.69) is 9.97 Å². The fourth-order valence-corrected chi connectivity index (χ4v) is 1.47. The summed E-state index contributed by atoms with van der Waals surface area (Å²) in [5.41, 5.74) is -2.83. The minimum absolute atomic E-state index is 0.0179. The SMILES string of the molecule is CCOC(=O)c1nc(C#N)c(=O)[nH]c1/C(C#N)=C(\O)OCC. The lowest BCUT2D eigenvalue weighted by molar-refractivity contribution is 0.0518. The molecule has 0 aliphatic rings. The van der Waals surface area contributed by atoms with Gasteiger partial charge in [0.15, 0.2) is 11.3 Å². The molecule has 9 heteroatoms. The summed E-state index contributed by atoms with van der Waals surface area (Å²) in [6.07, 6.45) is 0. The lowest BCUT2D eigenvalue weighted by Gasteiger charge is -2.09. The van der Waals surface area contributed by atoms with Crippen LogP contribution in [0, 0.1) is 22.7 Å². The van der Waals surface area contributed by atoms with Crippen LogP contribution < -0.4 is 5.56 Å². The summed E-state index contributed by atoms with van der Waals surface area (Å²) in [4.78, 5) is 29.3. The summed E-state index contributed by atoms with van der Waals surface area (Å²) in [7, 11) is 0. The van der Waals surface area contributed by atoms with Gasteiger partial charge >= 0.3 is 5.97 Å². The first-order valence-electron chi connectivity index (χ1n) is 6.18. The molecule has 0 atom stereocenters. The van der Waals surface area contributed by atoms with E-state index in [1.807, 2.05) is 0 Å². The van der Waals surface area contributed by atoms with Gasteiger partial charge in [0.05, 0.1) is 13.2 Å². The summed E-state index contributed by atoms with van der Waals surface area (Å²) < 4.78 is 9.54. The van der Waals surface area contributed by atoms with Crippen molar-refractivity contribution < 1.29 is 19.4 Å². The van der Waals surface area contributed by atoms with E-state index in [-0.39, 0.29) is 18.9 Å². The number of hydrogen-bond acceptors (Lipinski definition) is 8. The van der Waals surface area contributed by atoms with Gasteiger partial charge in [-0.1, -0.05) is 0 Å². The highest BCUT2D eigenvalue weighted by atomic mass is 16.6. The maximum absolute atomic E-state index is 11.9. The van der Waals surface area contributed by atoms with E-state index < -0.39 is 34.4 Å². The molecule has 0 saturated carbocycles. The highest BCUT2D eigenvalue weighted by Gasteiger charge is 2.24. The Balaban J connectivity index is 3.66. The van der Waals surface area contributed by atoms with E-state index in [0.29, 0.717) is 0 Å². The number of esters is 1. The van der Waals surface area contributed by atoms with Gasteiger partial charge in [-0.3, -0.25) is 4.79 Å². The zero-order chi connectivity index (χ0) is 16.7. The van der Waals surface area contributed by atoms with E-state index >= 15 is 0 Å². The molecule has 0 aliphatic heterocycles. The molecule has 9 nitrogen and oxygen atoms in total. The largest absolute Gasteiger partial charge is 0.480 e. The number of H-pyrrole nitrogens is 1. The average molecular weight is 304 g/mol. The van der Waals surface area contributed by atoms with Crippen LogP contribution in [0.3, 0.4) is 0 Å². The van der Waals surface area contributed by atoms with Crippen LogP contribution in [-0.2, 0) is 9.47 Å². The number of aliphatic hydroxyl groups is 1. The summed E-state index contributed by atoms with van der Waals surface area (Å²) in [5, 5.41) is 27.6. The van der Waals surface area contributed by atoms with Crippen LogP contribution in [0.5, 0.6) is 0 Å². The van der Waals surface area contributed by atoms with Crippen molar-refractivity contribution in [3.05, 3.63) is 33.4 Å². The van der Waals surface area contributed by atoms with Gasteiger partial charge in [-0.2, -0.15) is 10.5 Å². The molecule has 1 aromatic rings. The van der Waals surface area contributed by atoms with E-state index in [1.165, 1.54) is 6.07 Å². The zero-order valence-corrected chi connectivity index (χ0v) is 11.8. The van der Waals surface area contributed by atoms with Crippen LogP contribution in [0.15, 0.2) is 10.7 Å². The molecule has 0 saturated heterocycles. The van der Waals surface area contributed by atoms with Crippen molar-refractivity contribution in [2.45, 2.75) is 13.8 Å². The number of hydrogen-bond donors (Lipinski definition) is 2. The predicted molar refractivity (Wildman–Crippen MR) is 72.3 cm³/mol. The normalized spacial score (nSPS) is 10.9. The average Bonchev–Trinajstić information content (AvgIpc) is 2.48. The number of aliphatic hydroxyl groups excluding tert-OH is 1. The summed E-state index contributed by atoms with van der Waals surface area (Å²) in [6.45, 7) is 3.19. The Kier molecular flexibility index (Phi) is 5.66. The van der Waals surface area contributed by atoms with Crippen LogP contribution in [0.1, 0.15) is 35.7 Å². The van der Waals surface area contributed by atoms with Gasteiger partial charge in [0, 0.05) is 0 Å². The molecule has 114 valence electrons. The molecular weight excluding hydrogens is 292 g/mol. The predicted octanol–water partition coefficient (Wildman–Crippen LogP) is 0.605. The molecule has 0 amide bonds. The van der Waals surface area contributed by atoms with E-state index in [1.54, 1.807) is 19.9 Å². The molecule has 1 heterocycles. The second-order valence-corrected chi connectivity index (χ2v) is 3.70. The Labute approximate surface area is 125 Å². The second kappa shape index (κ2) is 7.45.